The van der Waals surface area contributed by atoms with Gasteiger partial charge in [0.25, 0.3) is 0 Å². The summed E-state index contributed by atoms with van der Waals surface area (Å²) in [6, 6.07) is 0.438. The molecule has 3 heteroatoms. The van der Waals surface area contributed by atoms with Crippen molar-refractivity contribution in [2.75, 3.05) is 27.9 Å². The van der Waals surface area contributed by atoms with Gasteiger partial charge < -0.3 is 14.8 Å². The first kappa shape index (κ1) is 15.9. The summed E-state index contributed by atoms with van der Waals surface area (Å²) in [6.45, 7) is 3.13. The van der Waals surface area contributed by atoms with Crippen LogP contribution in [0.3, 0.4) is 0 Å². The molecule has 1 fully saturated rings. The molecule has 0 radical (unpaired) electrons. The van der Waals surface area contributed by atoms with Gasteiger partial charge in [-0.1, -0.05) is 26.2 Å². The molecule has 3 nitrogen and oxygen atoms in total. The molecule has 1 aliphatic carbocycles. The number of nitrogens with one attached hydrogen (secondary N) is 1. The van der Waals surface area contributed by atoms with Crippen molar-refractivity contribution in [2.45, 2.75) is 57.6 Å². The van der Waals surface area contributed by atoms with Crippen molar-refractivity contribution in [1.29, 1.82) is 0 Å². The average molecular weight is 257 g/mol. The van der Waals surface area contributed by atoms with Crippen LogP contribution >= 0.6 is 0 Å². The number of ether oxygens (including phenoxy) is 2. The van der Waals surface area contributed by atoms with E-state index in [9.17, 15) is 0 Å². The molecule has 0 heterocycles. The van der Waals surface area contributed by atoms with Gasteiger partial charge in [-0.3, -0.25) is 0 Å². The zero-order valence-electron chi connectivity index (χ0n) is 12.6. The van der Waals surface area contributed by atoms with E-state index in [-0.39, 0.29) is 0 Å². The Morgan fingerprint density at radius 3 is 2.33 bits per heavy atom. The van der Waals surface area contributed by atoms with E-state index in [1.54, 1.807) is 7.11 Å². The average Bonchev–Trinajstić information content (AvgIpc) is 2.42. The molecule has 3 atom stereocenters. The fourth-order valence-corrected chi connectivity index (χ4v) is 3.35. The van der Waals surface area contributed by atoms with Crippen LogP contribution in [0, 0.1) is 11.8 Å². The van der Waals surface area contributed by atoms with Crippen LogP contribution in [0.2, 0.25) is 0 Å². The molecular weight excluding hydrogens is 226 g/mol. The number of likely N-dealkylation sites (N-methyl/N-ethyl adjacent to an activating group) is 1. The van der Waals surface area contributed by atoms with E-state index in [2.05, 4.69) is 19.3 Å². The molecule has 1 N–H and O–H groups in total. The van der Waals surface area contributed by atoms with Crippen molar-refractivity contribution in [3.05, 3.63) is 0 Å². The molecule has 108 valence electrons. The molecule has 0 aliphatic heterocycles. The third-order valence-electron chi connectivity index (χ3n) is 4.46. The summed E-state index contributed by atoms with van der Waals surface area (Å²) in [4.78, 5) is 0. The third kappa shape index (κ3) is 4.52. The highest BCUT2D eigenvalue weighted by molar-refractivity contribution is 4.87. The lowest BCUT2D eigenvalue weighted by Crippen LogP contribution is -2.48. The van der Waals surface area contributed by atoms with Crippen molar-refractivity contribution >= 4 is 0 Å². The second-order valence-electron chi connectivity index (χ2n) is 5.67. The standard InChI is InChI=1S/C15H31NO2/c1-12(10-11-17-3)14(16-2)15(18-4)13-8-6-5-7-9-13/h12-16H,5-11H2,1-4H3. The molecule has 1 aliphatic rings. The maximum atomic E-state index is 5.84. The van der Waals surface area contributed by atoms with Crippen molar-refractivity contribution in [1.82, 2.24) is 5.32 Å². The summed E-state index contributed by atoms with van der Waals surface area (Å²) in [5.74, 6) is 1.31. The zero-order valence-corrected chi connectivity index (χ0v) is 12.6. The first-order valence-electron chi connectivity index (χ1n) is 7.43. The summed E-state index contributed by atoms with van der Waals surface area (Å²) < 4.78 is 11.0. The van der Waals surface area contributed by atoms with Crippen LogP contribution in [0.15, 0.2) is 0 Å². The minimum absolute atomic E-state index is 0.349. The summed E-state index contributed by atoms with van der Waals surface area (Å²) in [5.41, 5.74) is 0. The largest absolute Gasteiger partial charge is 0.385 e. The van der Waals surface area contributed by atoms with Gasteiger partial charge in [0.2, 0.25) is 0 Å². The van der Waals surface area contributed by atoms with Gasteiger partial charge in [0.15, 0.2) is 0 Å². The number of hydrogen-bond acceptors (Lipinski definition) is 3. The molecular formula is C15H31NO2. The molecule has 0 aromatic heterocycles. The molecule has 1 saturated carbocycles. The fourth-order valence-electron chi connectivity index (χ4n) is 3.35. The Kier molecular flexibility index (Phi) is 7.87. The van der Waals surface area contributed by atoms with Crippen LogP contribution in [-0.4, -0.2) is 40.0 Å². The molecule has 3 unspecified atom stereocenters. The van der Waals surface area contributed by atoms with E-state index >= 15 is 0 Å². The first-order chi connectivity index (χ1) is 8.74. The highest BCUT2D eigenvalue weighted by atomic mass is 16.5. The Hall–Kier alpha value is -0.120. The minimum atomic E-state index is 0.349. The Morgan fingerprint density at radius 2 is 1.83 bits per heavy atom. The number of hydrogen-bond donors (Lipinski definition) is 1. The third-order valence-corrected chi connectivity index (χ3v) is 4.46. The van der Waals surface area contributed by atoms with Gasteiger partial charge in [-0.05, 0) is 38.1 Å². The quantitative estimate of drug-likeness (QED) is 0.725. The second-order valence-corrected chi connectivity index (χ2v) is 5.67. The summed E-state index contributed by atoms with van der Waals surface area (Å²) in [7, 11) is 5.70. The van der Waals surface area contributed by atoms with Gasteiger partial charge in [0.05, 0.1) is 6.10 Å². The lowest BCUT2D eigenvalue weighted by molar-refractivity contribution is -0.00724. The Labute approximate surface area is 113 Å². The van der Waals surface area contributed by atoms with Crippen molar-refractivity contribution in [3.63, 3.8) is 0 Å². The normalized spacial score (nSPS) is 22.7. The van der Waals surface area contributed by atoms with E-state index in [0.29, 0.717) is 18.1 Å². The van der Waals surface area contributed by atoms with E-state index in [1.165, 1.54) is 32.1 Å². The van der Waals surface area contributed by atoms with Crippen LogP contribution in [0.1, 0.15) is 45.4 Å². The van der Waals surface area contributed by atoms with Gasteiger partial charge >= 0.3 is 0 Å². The van der Waals surface area contributed by atoms with Crippen molar-refractivity contribution in [2.24, 2.45) is 11.8 Å². The molecule has 0 amide bonds. The molecule has 1 rings (SSSR count). The van der Waals surface area contributed by atoms with Gasteiger partial charge in [-0.15, -0.1) is 0 Å². The molecule has 0 aromatic carbocycles. The summed E-state index contributed by atoms with van der Waals surface area (Å²) in [5, 5.41) is 3.48. The maximum absolute atomic E-state index is 5.84. The van der Waals surface area contributed by atoms with Gasteiger partial charge in [-0.2, -0.15) is 0 Å². The predicted molar refractivity (Wildman–Crippen MR) is 75.9 cm³/mol. The first-order valence-corrected chi connectivity index (χ1v) is 7.43. The Bertz CT molecular complexity index is 205. The number of rotatable bonds is 8. The predicted octanol–water partition coefficient (Wildman–Crippen LogP) is 2.84. The highest BCUT2D eigenvalue weighted by Crippen LogP contribution is 2.31. The minimum Gasteiger partial charge on any atom is -0.385 e. The van der Waals surface area contributed by atoms with Crippen LogP contribution in [0.4, 0.5) is 0 Å². The van der Waals surface area contributed by atoms with Crippen LogP contribution < -0.4 is 5.32 Å². The zero-order chi connectivity index (χ0) is 13.4. The van der Waals surface area contributed by atoms with E-state index in [0.717, 1.165) is 18.9 Å². The Morgan fingerprint density at radius 1 is 1.17 bits per heavy atom. The number of methoxy groups -OCH3 is 2. The van der Waals surface area contributed by atoms with Crippen LogP contribution in [0.5, 0.6) is 0 Å². The monoisotopic (exact) mass is 257 g/mol. The fraction of sp³-hybridized carbons (Fsp3) is 1.00. The van der Waals surface area contributed by atoms with Crippen LogP contribution in [0.25, 0.3) is 0 Å². The smallest absolute Gasteiger partial charge is 0.0754 e. The topological polar surface area (TPSA) is 30.5 Å². The Balaban J connectivity index is 2.57. The van der Waals surface area contributed by atoms with E-state index < -0.39 is 0 Å². The summed E-state index contributed by atoms with van der Waals surface area (Å²) >= 11 is 0. The molecule has 0 aromatic rings. The second kappa shape index (κ2) is 8.89. The van der Waals surface area contributed by atoms with Gasteiger partial charge in [-0.25, -0.2) is 0 Å². The molecule has 0 spiro atoms. The van der Waals surface area contributed by atoms with Gasteiger partial charge in [0, 0.05) is 26.9 Å². The lowest BCUT2D eigenvalue weighted by atomic mass is 9.79. The molecule has 18 heavy (non-hydrogen) atoms. The van der Waals surface area contributed by atoms with Crippen molar-refractivity contribution < 1.29 is 9.47 Å². The SMILES string of the molecule is CNC(C(C)CCOC)C(OC)C1CCCCC1. The highest BCUT2D eigenvalue weighted by Gasteiger charge is 2.32. The van der Waals surface area contributed by atoms with E-state index in [1.807, 2.05) is 7.11 Å². The summed E-state index contributed by atoms with van der Waals surface area (Å²) in [6.07, 6.45) is 8.23. The molecule has 0 bridgehead atoms. The van der Waals surface area contributed by atoms with Gasteiger partial charge in [0.1, 0.15) is 0 Å². The van der Waals surface area contributed by atoms with E-state index in [4.69, 9.17) is 9.47 Å². The van der Waals surface area contributed by atoms with Crippen molar-refractivity contribution in [3.8, 4) is 0 Å². The lowest BCUT2D eigenvalue weighted by Gasteiger charge is -2.37. The van der Waals surface area contributed by atoms with Crippen LogP contribution in [-0.2, 0) is 9.47 Å². The maximum Gasteiger partial charge on any atom is 0.0754 e. The molecule has 0 saturated heterocycles.